The summed E-state index contributed by atoms with van der Waals surface area (Å²) < 4.78 is 4.92. The number of methoxy groups -OCH3 is 1. The summed E-state index contributed by atoms with van der Waals surface area (Å²) in [6.45, 7) is 1.02. The Hall–Kier alpha value is -3.10. The van der Waals surface area contributed by atoms with Crippen molar-refractivity contribution < 1.29 is 9.53 Å². The molecule has 0 atom stereocenters. The van der Waals surface area contributed by atoms with Crippen molar-refractivity contribution in [3.8, 4) is 6.07 Å². The van der Waals surface area contributed by atoms with Gasteiger partial charge in [0.15, 0.2) is 0 Å². The van der Waals surface area contributed by atoms with E-state index in [9.17, 15) is 10.1 Å². The van der Waals surface area contributed by atoms with E-state index in [4.69, 9.17) is 4.74 Å². The van der Waals surface area contributed by atoms with E-state index < -0.39 is 5.91 Å². The molecule has 0 heterocycles. The van der Waals surface area contributed by atoms with Gasteiger partial charge in [-0.25, -0.2) is 0 Å². The maximum Gasteiger partial charge on any atom is 0.264 e. The molecule has 0 aliphatic carbocycles. The molecule has 2 aromatic carbocycles. The van der Waals surface area contributed by atoms with Crippen molar-refractivity contribution in [1.82, 2.24) is 10.6 Å². The third-order valence-electron chi connectivity index (χ3n) is 3.60. The van der Waals surface area contributed by atoms with Crippen LogP contribution in [0, 0.1) is 11.3 Å². The van der Waals surface area contributed by atoms with Crippen LogP contribution in [0.4, 0.5) is 0 Å². The third-order valence-corrected chi connectivity index (χ3v) is 3.60. The molecule has 0 aliphatic heterocycles. The summed E-state index contributed by atoms with van der Waals surface area (Å²) in [5, 5.41) is 15.1. The predicted octanol–water partition coefficient (Wildman–Crippen LogP) is 2.54. The van der Waals surface area contributed by atoms with Crippen LogP contribution in [0.2, 0.25) is 0 Å². The van der Waals surface area contributed by atoms with Crippen molar-refractivity contribution in [2.24, 2.45) is 0 Å². The number of benzene rings is 2. The third kappa shape index (κ3) is 5.48. The number of hydrogen-bond acceptors (Lipinski definition) is 4. The monoisotopic (exact) mass is 335 g/mol. The molecule has 0 unspecified atom stereocenters. The summed E-state index contributed by atoms with van der Waals surface area (Å²) in [5.41, 5.74) is 1.92. The Morgan fingerprint density at radius 1 is 1.12 bits per heavy atom. The SMILES string of the molecule is COCCN/C=C(/C#N)C(=O)NC(c1ccccc1)c1ccccc1. The predicted molar refractivity (Wildman–Crippen MR) is 96.4 cm³/mol. The number of hydrogen-bond donors (Lipinski definition) is 2. The molecule has 128 valence electrons. The molecule has 0 spiro atoms. The van der Waals surface area contributed by atoms with Crippen molar-refractivity contribution in [2.45, 2.75) is 6.04 Å². The Bertz CT molecular complexity index is 697. The number of ether oxygens (including phenoxy) is 1. The van der Waals surface area contributed by atoms with Gasteiger partial charge in [0.05, 0.1) is 12.6 Å². The first-order chi connectivity index (χ1) is 12.3. The molecule has 0 radical (unpaired) electrons. The minimum Gasteiger partial charge on any atom is -0.387 e. The zero-order valence-corrected chi connectivity index (χ0v) is 14.1. The Kier molecular flexibility index (Phi) is 7.23. The lowest BCUT2D eigenvalue weighted by Crippen LogP contribution is -2.31. The van der Waals surface area contributed by atoms with Crippen LogP contribution in [0.15, 0.2) is 72.4 Å². The van der Waals surface area contributed by atoms with Crippen molar-refractivity contribution in [3.63, 3.8) is 0 Å². The molecule has 0 saturated heterocycles. The molecule has 2 aromatic rings. The van der Waals surface area contributed by atoms with Gasteiger partial charge in [-0.05, 0) is 11.1 Å². The summed E-state index contributed by atoms with van der Waals surface area (Å²) in [4.78, 5) is 12.5. The zero-order valence-electron chi connectivity index (χ0n) is 14.1. The van der Waals surface area contributed by atoms with Crippen LogP contribution in [0.5, 0.6) is 0 Å². The maximum absolute atomic E-state index is 12.5. The number of rotatable bonds is 8. The standard InChI is InChI=1S/C20H21N3O2/c1-25-13-12-22-15-18(14-21)20(24)23-19(16-8-4-2-5-9-16)17-10-6-3-7-11-17/h2-11,15,19,22H,12-13H2,1H3,(H,23,24)/b18-15-. The average Bonchev–Trinajstić information content (AvgIpc) is 2.67. The van der Waals surface area contributed by atoms with Crippen LogP contribution in [-0.2, 0) is 9.53 Å². The van der Waals surface area contributed by atoms with Crippen molar-refractivity contribution in [1.29, 1.82) is 5.26 Å². The second-order valence-electron chi connectivity index (χ2n) is 5.34. The van der Waals surface area contributed by atoms with Crippen molar-refractivity contribution in [2.75, 3.05) is 20.3 Å². The fourth-order valence-electron chi connectivity index (χ4n) is 2.34. The molecule has 5 nitrogen and oxygen atoms in total. The summed E-state index contributed by atoms with van der Waals surface area (Å²) >= 11 is 0. The van der Waals surface area contributed by atoms with Crippen LogP contribution in [-0.4, -0.2) is 26.2 Å². The van der Waals surface area contributed by atoms with E-state index in [2.05, 4.69) is 10.6 Å². The minimum absolute atomic E-state index is 0.0213. The molecule has 0 aromatic heterocycles. The fraction of sp³-hybridized carbons (Fsp3) is 0.200. The van der Waals surface area contributed by atoms with E-state index in [0.717, 1.165) is 11.1 Å². The van der Waals surface area contributed by atoms with Crippen LogP contribution < -0.4 is 10.6 Å². The van der Waals surface area contributed by atoms with Crippen LogP contribution in [0.3, 0.4) is 0 Å². The Morgan fingerprint density at radius 2 is 1.68 bits per heavy atom. The van der Waals surface area contributed by atoms with E-state index in [1.807, 2.05) is 66.7 Å². The quantitative estimate of drug-likeness (QED) is 0.442. The van der Waals surface area contributed by atoms with Gasteiger partial charge in [-0.3, -0.25) is 4.79 Å². The number of nitrogens with one attached hydrogen (secondary N) is 2. The summed E-state index contributed by atoms with van der Waals surface area (Å²) in [5.74, 6) is -0.426. The molecular formula is C20H21N3O2. The fourth-order valence-corrected chi connectivity index (χ4v) is 2.34. The smallest absolute Gasteiger partial charge is 0.264 e. The first-order valence-electron chi connectivity index (χ1n) is 7.99. The van der Waals surface area contributed by atoms with Gasteiger partial charge in [0.2, 0.25) is 0 Å². The minimum atomic E-state index is -0.426. The first-order valence-corrected chi connectivity index (χ1v) is 7.99. The van der Waals surface area contributed by atoms with E-state index in [0.29, 0.717) is 13.2 Å². The number of carbonyl (C=O) groups is 1. The zero-order chi connectivity index (χ0) is 17.9. The van der Waals surface area contributed by atoms with Gasteiger partial charge in [-0.15, -0.1) is 0 Å². The summed E-state index contributed by atoms with van der Waals surface area (Å²) in [7, 11) is 1.59. The van der Waals surface area contributed by atoms with Gasteiger partial charge >= 0.3 is 0 Å². The lowest BCUT2D eigenvalue weighted by Gasteiger charge is -2.19. The van der Waals surface area contributed by atoms with E-state index >= 15 is 0 Å². The number of nitriles is 1. The maximum atomic E-state index is 12.5. The highest BCUT2D eigenvalue weighted by atomic mass is 16.5. The Balaban J connectivity index is 2.19. The van der Waals surface area contributed by atoms with E-state index in [1.54, 1.807) is 7.11 Å². The number of amides is 1. The summed E-state index contributed by atoms with van der Waals surface area (Å²) in [6.07, 6.45) is 1.42. The molecule has 0 aliphatic rings. The molecule has 0 fully saturated rings. The van der Waals surface area contributed by atoms with Crippen LogP contribution in [0.25, 0.3) is 0 Å². The molecule has 0 bridgehead atoms. The van der Waals surface area contributed by atoms with Gasteiger partial charge in [0, 0.05) is 19.9 Å². The lowest BCUT2D eigenvalue weighted by atomic mass is 9.98. The summed E-state index contributed by atoms with van der Waals surface area (Å²) in [6, 6.07) is 20.9. The van der Waals surface area contributed by atoms with E-state index in [-0.39, 0.29) is 11.6 Å². The molecule has 5 heteroatoms. The van der Waals surface area contributed by atoms with E-state index in [1.165, 1.54) is 6.20 Å². The highest BCUT2D eigenvalue weighted by Gasteiger charge is 2.18. The van der Waals surface area contributed by atoms with Crippen LogP contribution in [0.1, 0.15) is 17.2 Å². The molecule has 1 amide bonds. The normalized spacial score (nSPS) is 11.0. The van der Waals surface area contributed by atoms with Gasteiger partial charge in [0.25, 0.3) is 5.91 Å². The highest BCUT2D eigenvalue weighted by Crippen LogP contribution is 2.22. The molecular weight excluding hydrogens is 314 g/mol. The second kappa shape index (κ2) is 9.91. The average molecular weight is 335 g/mol. The molecule has 2 N–H and O–H groups in total. The molecule has 0 saturated carbocycles. The molecule has 2 rings (SSSR count). The second-order valence-corrected chi connectivity index (χ2v) is 5.34. The molecule has 25 heavy (non-hydrogen) atoms. The highest BCUT2D eigenvalue weighted by molar-refractivity contribution is 5.97. The van der Waals surface area contributed by atoms with Gasteiger partial charge in [-0.2, -0.15) is 5.26 Å². The topological polar surface area (TPSA) is 74.1 Å². The van der Waals surface area contributed by atoms with Gasteiger partial charge in [0.1, 0.15) is 11.6 Å². The lowest BCUT2D eigenvalue weighted by molar-refractivity contribution is -0.117. The number of nitrogens with zero attached hydrogens (tertiary/aromatic N) is 1. The largest absolute Gasteiger partial charge is 0.387 e. The van der Waals surface area contributed by atoms with Crippen molar-refractivity contribution >= 4 is 5.91 Å². The van der Waals surface area contributed by atoms with Crippen LogP contribution >= 0.6 is 0 Å². The van der Waals surface area contributed by atoms with Crippen molar-refractivity contribution in [3.05, 3.63) is 83.6 Å². The Labute approximate surface area is 147 Å². The Morgan fingerprint density at radius 3 is 2.16 bits per heavy atom. The van der Waals surface area contributed by atoms with Gasteiger partial charge < -0.3 is 15.4 Å². The first kappa shape index (κ1) is 18.2. The van der Waals surface area contributed by atoms with Gasteiger partial charge in [-0.1, -0.05) is 60.7 Å². The number of carbonyl (C=O) groups excluding carboxylic acids is 1.